The van der Waals surface area contributed by atoms with E-state index >= 15 is 0 Å². The van der Waals surface area contributed by atoms with E-state index in [0.717, 1.165) is 13.1 Å². The maximum absolute atomic E-state index is 11.0. The molecule has 2 fully saturated rings. The highest BCUT2D eigenvalue weighted by atomic mass is 16.4. The average molecular weight is 211 g/mol. The zero-order chi connectivity index (χ0) is 11.2. The second-order valence-electron chi connectivity index (χ2n) is 5.92. The third kappa shape index (κ3) is 1.78. The van der Waals surface area contributed by atoms with Gasteiger partial charge in [-0.3, -0.25) is 9.69 Å². The van der Waals surface area contributed by atoms with Crippen LogP contribution in [0.1, 0.15) is 33.6 Å². The first-order chi connectivity index (χ1) is 6.92. The molecule has 0 spiro atoms. The first-order valence-electron chi connectivity index (χ1n) is 5.88. The average Bonchev–Trinajstić information content (AvgIpc) is 2.45. The van der Waals surface area contributed by atoms with E-state index in [4.69, 9.17) is 5.11 Å². The zero-order valence-corrected chi connectivity index (χ0v) is 9.86. The van der Waals surface area contributed by atoms with Gasteiger partial charge >= 0.3 is 5.97 Å². The van der Waals surface area contributed by atoms with Gasteiger partial charge in [0.15, 0.2) is 0 Å². The summed E-state index contributed by atoms with van der Waals surface area (Å²) in [6, 6.07) is 0.615. The molecule has 2 aliphatic rings. The van der Waals surface area contributed by atoms with Crippen LogP contribution >= 0.6 is 0 Å². The van der Waals surface area contributed by atoms with E-state index in [-0.39, 0.29) is 5.92 Å². The Morgan fingerprint density at radius 3 is 2.40 bits per heavy atom. The second-order valence-corrected chi connectivity index (χ2v) is 5.92. The molecule has 1 aliphatic heterocycles. The monoisotopic (exact) mass is 211 g/mol. The fourth-order valence-electron chi connectivity index (χ4n) is 3.11. The van der Waals surface area contributed by atoms with Crippen LogP contribution in [0.25, 0.3) is 0 Å². The van der Waals surface area contributed by atoms with Crippen LogP contribution in [0.5, 0.6) is 0 Å². The number of carboxylic acids is 1. The molecule has 3 unspecified atom stereocenters. The largest absolute Gasteiger partial charge is 0.481 e. The molecule has 3 heteroatoms. The van der Waals surface area contributed by atoms with Gasteiger partial charge in [0.05, 0.1) is 5.92 Å². The van der Waals surface area contributed by atoms with E-state index in [1.165, 1.54) is 12.8 Å². The van der Waals surface area contributed by atoms with E-state index < -0.39 is 5.97 Å². The van der Waals surface area contributed by atoms with Crippen LogP contribution < -0.4 is 0 Å². The van der Waals surface area contributed by atoms with Crippen molar-refractivity contribution in [2.45, 2.75) is 39.7 Å². The van der Waals surface area contributed by atoms with E-state index in [1.54, 1.807) is 0 Å². The van der Waals surface area contributed by atoms with Gasteiger partial charge in [0.2, 0.25) is 0 Å². The lowest BCUT2D eigenvalue weighted by molar-refractivity contribution is -0.142. The van der Waals surface area contributed by atoms with Crippen LogP contribution in [-0.2, 0) is 4.79 Å². The molecule has 0 bridgehead atoms. The Kier molecular flexibility index (Phi) is 2.53. The molecule has 1 aliphatic carbocycles. The first-order valence-corrected chi connectivity index (χ1v) is 5.88. The lowest BCUT2D eigenvalue weighted by Gasteiger charge is -2.49. The third-order valence-electron chi connectivity index (χ3n) is 4.36. The molecule has 0 radical (unpaired) electrons. The molecular weight excluding hydrogens is 190 g/mol. The maximum atomic E-state index is 11.0. The molecule has 0 amide bonds. The molecule has 1 saturated heterocycles. The molecule has 1 heterocycles. The number of carbonyl (C=O) groups is 1. The van der Waals surface area contributed by atoms with Gasteiger partial charge in [-0.2, -0.15) is 0 Å². The molecule has 0 aromatic heterocycles. The summed E-state index contributed by atoms with van der Waals surface area (Å²) in [5, 5.41) is 9.08. The Hall–Kier alpha value is -0.570. The van der Waals surface area contributed by atoms with Crippen LogP contribution in [0.2, 0.25) is 0 Å². The summed E-state index contributed by atoms with van der Waals surface area (Å²) in [5.41, 5.74) is 0.396. The van der Waals surface area contributed by atoms with Gasteiger partial charge in [-0.25, -0.2) is 0 Å². The number of hydrogen-bond acceptors (Lipinski definition) is 2. The Morgan fingerprint density at radius 1 is 1.40 bits per heavy atom. The molecule has 1 N–H and O–H groups in total. The molecule has 3 nitrogen and oxygen atoms in total. The maximum Gasteiger partial charge on any atom is 0.308 e. The minimum Gasteiger partial charge on any atom is -0.481 e. The van der Waals surface area contributed by atoms with Gasteiger partial charge < -0.3 is 5.11 Å². The quantitative estimate of drug-likeness (QED) is 0.757. The molecule has 15 heavy (non-hydrogen) atoms. The Morgan fingerprint density at radius 2 is 2.07 bits per heavy atom. The molecule has 3 atom stereocenters. The topological polar surface area (TPSA) is 40.5 Å². The highest BCUT2D eigenvalue weighted by molar-refractivity contribution is 5.71. The van der Waals surface area contributed by atoms with Crippen LogP contribution in [0.15, 0.2) is 0 Å². The lowest BCUT2D eigenvalue weighted by atomic mass is 9.66. The summed E-state index contributed by atoms with van der Waals surface area (Å²) < 4.78 is 0. The highest BCUT2D eigenvalue weighted by Gasteiger charge is 2.46. The van der Waals surface area contributed by atoms with Crippen molar-refractivity contribution in [3.05, 3.63) is 0 Å². The van der Waals surface area contributed by atoms with Crippen LogP contribution in [0.4, 0.5) is 0 Å². The number of nitrogens with zero attached hydrogens (tertiary/aromatic N) is 1. The van der Waals surface area contributed by atoms with Crippen LogP contribution in [0.3, 0.4) is 0 Å². The predicted molar refractivity (Wildman–Crippen MR) is 58.7 cm³/mol. The van der Waals surface area contributed by atoms with Crippen molar-refractivity contribution in [1.29, 1.82) is 0 Å². The molecule has 86 valence electrons. The molecule has 1 saturated carbocycles. The van der Waals surface area contributed by atoms with E-state index in [1.807, 2.05) is 0 Å². The van der Waals surface area contributed by atoms with Gasteiger partial charge in [0, 0.05) is 19.1 Å². The zero-order valence-electron chi connectivity index (χ0n) is 9.86. The summed E-state index contributed by atoms with van der Waals surface area (Å²) in [4.78, 5) is 13.4. The van der Waals surface area contributed by atoms with Crippen LogP contribution in [-0.4, -0.2) is 35.1 Å². The molecule has 0 aromatic carbocycles. The van der Waals surface area contributed by atoms with E-state index in [9.17, 15) is 4.79 Å². The predicted octanol–water partition coefficient (Wildman–Crippen LogP) is 1.83. The number of carboxylic acid groups (broad SMARTS) is 1. The van der Waals surface area contributed by atoms with Gasteiger partial charge in [0.1, 0.15) is 0 Å². The van der Waals surface area contributed by atoms with Crippen molar-refractivity contribution in [3.63, 3.8) is 0 Å². The Bertz CT molecular complexity index is 275. The highest BCUT2D eigenvalue weighted by Crippen LogP contribution is 2.45. The normalized spacial score (nSPS) is 40.1. The number of hydrogen-bond donors (Lipinski definition) is 1. The standard InChI is InChI=1S/C12H21NO2/c1-8-6-13(7-9(8)11(14)15)10-4-5-12(10,2)3/h8-10H,4-7H2,1-3H3,(H,14,15). The molecule has 2 rings (SSSR count). The SMILES string of the molecule is CC1CN(C2CCC2(C)C)CC1C(=O)O. The fourth-order valence-corrected chi connectivity index (χ4v) is 3.11. The van der Waals surface area contributed by atoms with Gasteiger partial charge in [-0.15, -0.1) is 0 Å². The first kappa shape index (κ1) is 10.9. The minimum absolute atomic E-state index is 0.151. The van der Waals surface area contributed by atoms with Crippen molar-refractivity contribution >= 4 is 5.97 Å². The fraction of sp³-hybridized carbons (Fsp3) is 0.917. The van der Waals surface area contributed by atoms with Crippen molar-refractivity contribution < 1.29 is 9.90 Å². The molecular formula is C12H21NO2. The van der Waals surface area contributed by atoms with E-state index in [2.05, 4.69) is 25.7 Å². The van der Waals surface area contributed by atoms with Gasteiger partial charge in [0.25, 0.3) is 0 Å². The van der Waals surface area contributed by atoms with Crippen molar-refractivity contribution in [3.8, 4) is 0 Å². The van der Waals surface area contributed by atoms with Crippen molar-refractivity contribution in [2.24, 2.45) is 17.3 Å². The van der Waals surface area contributed by atoms with Gasteiger partial charge in [-0.05, 0) is 24.2 Å². The Labute approximate surface area is 91.5 Å². The smallest absolute Gasteiger partial charge is 0.308 e. The van der Waals surface area contributed by atoms with Gasteiger partial charge in [-0.1, -0.05) is 20.8 Å². The lowest BCUT2D eigenvalue weighted by Crippen LogP contribution is -2.51. The van der Waals surface area contributed by atoms with Crippen LogP contribution in [0, 0.1) is 17.3 Å². The summed E-state index contributed by atoms with van der Waals surface area (Å²) in [7, 11) is 0. The number of rotatable bonds is 2. The Balaban J connectivity index is 2.00. The number of aliphatic carboxylic acids is 1. The summed E-state index contributed by atoms with van der Waals surface area (Å²) in [6.45, 7) is 8.36. The van der Waals surface area contributed by atoms with Crippen molar-refractivity contribution in [2.75, 3.05) is 13.1 Å². The molecule has 0 aromatic rings. The number of likely N-dealkylation sites (tertiary alicyclic amines) is 1. The second kappa shape index (κ2) is 3.48. The van der Waals surface area contributed by atoms with E-state index in [0.29, 0.717) is 17.4 Å². The summed E-state index contributed by atoms with van der Waals surface area (Å²) >= 11 is 0. The summed E-state index contributed by atoms with van der Waals surface area (Å²) in [6.07, 6.45) is 2.52. The third-order valence-corrected chi connectivity index (χ3v) is 4.36. The summed E-state index contributed by atoms with van der Waals surface area (Å²) in [5.74, 6) is -0.470. The van der Waals surface area contributed by atoms with Crippen molar-refractivity contribution in [1.82, 2.24) is 4.90 Å². The minimum atomic E-state index is -0.623.